The summed E-state index contributed by atoms with van der Waals surface area (Å²) in [6.07, 6.45) is 0.727. The van der Waals surface area contributed by atoms with Gasteiger partial charge >= 0.3 is 0 Å². The molecule has 3 atom stereocenters. The molecule has 5 N–H and O–H groups in total. The van der Waals surface area contributed by atoms with Crippen molar-refractivity contribution in [1.29, 1.82) is 0 Å². The molecular formula is C10H13N5O4. The van der Waals surface area contributed by atoms with Gasteiger partial charge in [-0.05, 0) is 0 Å². The maximum atomic E-state index is 10.4. The van der Waals surface area contributed by atoms with Crippen LogP contribution < -0.4 is 5.73 Å². The van der Waals surface area contributed by atoms with Crippen LogP contribution in [0.4, 0.5) is 5.82 Å². The van der Waals surface area contributed by atoms with Crippen LogP contribution in [0.1, 0.15) is 6.42 Å². The molecule has 0 radical (unpaired) electrons. The molecule has 0 bridgehead atoms. The zero-order chi connectivity index (χ0) is 13.6. The van der Waals surface area contributed by atoms with Crippen LogP contribution >= 0.6 is 0 Å². The molecule has 1 saturated heterocycles. The number of nitrogen functional groups attached to an aromatic ring is 1. The Labute approximate surface area is 107 Å². The van der Waals surface area contributed by atoms with Gasteiger partial charge in [-0.15, -0.1) is 0 Å². The van der Waals surface area contributed by atoms with E-state index in [-0.39, 0.29) is 24.5 Å². The monoisotopic (exact) mass is 267 g/mol. The standard InChI is InChI=1S/C10H13N5O4/c11-8-7-9(13-3-12-8)15(4-14-7)10(18)6(17)1-5(2-16)19-10/h3-6,16-18H,1-2H2,(H2,11,12,13)/t5-,6+,10+/m0/s1. The van der Waals surface area contributed by atoms with Gasteiger partial charge in [-0.1, -0.05) is 0 Å². The molecule has 102 valence electrons. The van der Waals surface area contributed by atoms with Gasteiger partial charge in [0, 0.05) is 6.42 Å². The summed E-state index contributed by atoms with van der Waals surface area (Å²) in [5.74, 6) is -1.86. The lowest BCUT2D eigenvalue weighted by Gasteiger charge is -2.27. The van der Waals surface area contributed by atoms with E-state index in [2.05, 4.69) is 15.0 Å². The molecule has 1 aliphatic rings. The minimum atomic E-state index is -2.02. The van der Waals surface area contributed by atoms with Crippen molar-refractivity contribution in [2.45, 2.75) is 24.5 Å². The predicted octanol–water partition coefficient (Wildman–Crippen LogP) is -1.85. The molecule has 9 heteroatoms. The van der Waals surface area contributed by atoms with Gasteiger partial charge in [-0.25, -0.2) is 15.0 Å². The minimum Gasteiger partial charge on any atom is -0.394 e. The largest absolute Gasteiger partial charge is 0.394 e. The number of nitrogens with two attached hydrogens (primary N) is 1. The fourth-order valence-corrected chi connectivity index (χ4v) is 2.19. The third-order valence-electron chi connectivity index (χ3n) is 3.17. The molecule has 0 saturated carbocycles. The first-order chi connectivity index (χ1) is 9.06. The zero-order valence-corrected chi connectivity index (χ0v) is 9.84. The molecule has 9 nitrogen and oxygen atoms in total. The number of aliphatic hydroxyl groups excluding tert-OH is 2. The number of imidazole rings is 1. The van der Waals surface area contributed by atoms with Crippen LogP contribution in [-0.2, 0) is 10.6 Å². The van der Waals surface area contributed by atoms with Crippen LogP contribution in [0.5, 0.6) is 0 Å². The molecule has 0 amide bonds. The van der Waals surface area contributed by atoms with Gasteiger partial charge in [0.15, 0.2) is 11.5 Å². The summed E-state index contributed by atoms with van der Waals surface area (Å²) in [6.45, 7) is -0.302. The highest BCUT2D eigenvalue weighted by Crippen LogP contribution is 2.34. The molecule has 0 unspecified atom stereocenters. The van der Waals surface area contributed by atoms with E-state index in [1.54, 1.807) is 0 Å². The second-order valence-electron chi connectivity index (χ2n) is 4.38. The van der Waals surface area contributed by atoms with E-state index < -0.39 is 18.1 Å². The second-order valence-corrected chi connectivity index (χ2v) is 4.38. The first-order valence-electron chi connectivity index (χ1n) is 5.69. The highest BCUT2D eigenvalue weighted by Gasteiger charge is 2.49. The number of aliphatic hydroxyl groups is 3. The second kappa shape index (κ2) is 4.10. The van der Waals surface area contributed by atoms with Gasteiger partial charge in [0.2, 0.25) is 0 Å². The lowest BCUT2D eigenvalue weighted by Crippen LogP contribution is -2.42. The summed E-state index contributed by atoms with van der Waals surface area (Å²) in [4.78, 5) is 11.8. The zero-order valence-electron chi connectivity index (χ0n) is 9.84. The average Bonchev–Trinajstić information content (AvgIpc) is 2.94. The first kappa shape index (κ1) is 12.2. The highest BCUT2D eigenvalue weighted by atomic mass is 16.7. The van der Waals surface area contributed by atoms with Crippen LogP contribution in [0, 0.1) is 0 Å². The van der Waals surface area contributed by atoms with Crippen molar-refractivity contribution in [1.82, 2.24) is 19.5 Å². The Hall–Kier alpha value is -1.81. The van der Waals surface area contributed by atoms with E-state index in [9.17, 15) is 10.2 Å². The van der Waals surface area contributed by atoms with E-state index >= 15 is 0 Å². The maximum absolute atomic E-state index is 10.4. The molecule has 0 spiro atoms. The molecule has 1 aliphatic heterocycles. The number of rotatable bonds is 2. The van der Waals surface area contributed by atoms with Gasteiger partial charge in [-0.3, -0.25) is 4.57 Å². The van der Waals surface area contributed by atoms with Crippen molar-refractivity contribution in [2.75, 3.05) is 12.3 Å². The van der Waals surface area contributed by atoms with Gasteiger partial charge in [0.05, 0.1) is 12.7 Å². The fraction of sp³-hybridized carbons (Fsp3) is 0.500. The lowest BCUT2D eigenvalue weighted by atomic mass is 10.2. The summed E-state index contributed by atoms with van der Waals surface area (Å²) >= 11 is 0. The number of ether oxygens (including phenoxy) is 1. The number of nitrogens with zero attached hydrogens (tertiary/aromatic N) is 4. The fourth-order valence-electron chi connectivity index (χ4n) is 2.19. The molecule has 1 fully saturated rings. The molecule has 2 aromatic rings. The van der Waals surface area contributed by atoms with Gasteiger partial charge < -0.3 is 25.8 Å². The molecular weight excluding hydrogens is 254 g/mol. The van der Waals surface area contributed by atoms with E-state index in [0.29, 0.717) is 5.52 Å². The van der Waals surface area contributed by atoms with Gasteiger partial charge in [-0.2, -0.15) is 0 Å². The van der Waals surface area contributed by atoms with Crippen LogP contribution in [-0.4, -0.2) is 53.7 Å². The topological polar surface area (TPSA) is 140 Å². The molecule has 0 aliphatic carbocycles. The Morgan fingerprint density at radius 1 is 1.47 bits per heavy atom. The van der Waals surface area contributed by atoms with Crippen molar-refractivity contribution in [3.05, 3.63) is 12.7 Å². The molecule has 2 aromatic heterocycles. The molecule has 3 rings (SSSR count). The van der Waals surface area contributed by atoms with Gasteiger partial charge in [0.1, 0.15) is 24.3 Å². The van der Waals surface area contributed by atoms with Crippen LogP contribution in [0.25, 0.3) is 11.2 Å². The van der Waals surface area contributed by atoms with E-state index in [0.717, 1.165) is 0 Å². The molecule has 0 aromatic carbocycles. The normalized spacial score (nSPS) is 31.1. The number of hydrogen-bond donors (Lipinski definition) is 4. The van der Waals surface area contributed by atoms with Crippen molar-refractivity contribution in [3.63, 3.8) is 0 Å². The van der Waals surface area contributed by atoms with Crippen LogP contribution in [0.15, 0.2) is 12.7 Å². The SMILES string of the molecule is Nc1ncnc2c1ncn2[C@]1(O)O[C@H](CO)C[C@H]1O. The predicted molar refractivity (Wildman–Crippen MR) is 62.5 cm³/mol. The smallest absolute Gasteiger partial charge is 0.283 e. The summed E-state index contributed by atoms with van der Waals surface area (Å²) in [7, 11) is 0. The Morgan fingerprint density at radius 2 is 2.26 bits per heavy atom. The van der Waals surface area contributed by atoms with Crippen LogP contribution in [0.2, 0.25) is 0 Å². The quantitative estimate of drug-likeness (QED) is 0.497. The first-order valence-corrected chi connectivity index (χ1v) is 5.69. The van der Waals surface area contributed by atoms with E-state index in [1.165, 1.54) is 17.2 Å². The highest BCUT2D eigenvalue weighted by molar-refractivity contribution is 5.81. The third kappa shape index (κ3) is 1.67. The van der Waals surface area contributed by atoms with Gasteiger partial charge in [0.25, 0.3) is 5.91 Å². The maximum Gasteiger partial charge on any atom is 0.283 e. The summed E-state index contributed by atoms with van der Waals surface area (Å²) in [6, 6.07) is 0. The van der Waals surface area contributed by atoms with E-state index in [4.69, 9.17) is 15.6 Å². The summed E-state index contributed by atoms with van der Waals surface area (Å²) in [5, 5.41) is 29.4. The Balaban J connectivity index is 2.12. The van der Waals surface area contributed by atoms with Crippen molar-refractivity contribution in [2.24, 2.45) is 0 Å². The average molecular weight is 267 g/mol. The Morgan fingerprint density at radius 3 is 2.95 bits per heavy atom. The number of fused-ring (bicyclic) bond motifs is 1. The summed E-state index contributed by atoms with van der Waals surface area (Å²) in [5.41, 5.74) is 6.20. The minimum absolute atomic E-state index is 0.104. The molecule has 3 heterocycles. The van der Waals surface area contributed by atoms with Crippen molar-refractivity contribution in [3.8, 4) is 0 Å². The number of aromatic nitrogens is 4. The summed E-state index contributed by atoms with van der Waals surface area (Å²) < 4.78 is 6.46. The van der Waals surface area contributed by atoms with Crippen molar-refractivity contribution >= 4 is 17.0 Å². The Bertz CT molecular complexity index is 617. The van der Waals surface area contributed by atoms with Crippen LogP contribution in [0.3, 0.4) is 0 Å². The lowest BCUT2D eigenvalue weighted by molar-refractivity contribution is -0.286. The third-order valence-corrected chi connectivity index (χ3v) is 3.17. The van der Waals surface area contributed by atoms with E-state index in [1.807, 2.05) is 0 Å². The Kier molecular flexibility index (Phi) is 2.64. The number of anilines is 1. The number of hydrogen-bond acceptors (Lipinski definition) is 8. The van der Waals surface area contributed by atoms with Crippen molar-refractivity contribution < 1.29 is 20.1 Å². The molecule has 19 heavy (non-hydrogen) atoms.